The number of hydrogen-bond donors (Lipinski definition) is 1. The number of hydrogen-bond acceptors (Lipinski definition) is 2. The van der Waals surface area contributed by atoms with Crippen LogP contribution in [0.1, 0.15) is 27.2 Å². The van der Waals surface area contributed by atoms with Crippen molar-refractivity contribution in [2.45, 2.75) is 45.3 Å². The van der Waals surface area contributed by atoms with Gasteiger partial charge in [0.2, 0.25) is 0 Å². The summed E-state index contributed by atoms with van der Waals surface area (Å²) < 4.78 is 2.69. The molecule has 0 saturated carbocycles. The number of nitrogens with one attached hydrogen (secondary N) is 1. The van der Waals surface area contributed by atoms with Crippen LogP contribution in [0.5, 0.6) is 0 Å². The zero-order valence-electron chi connectivity index (χ0n) is 9.78. The van der Waals surface area contributed by atoms with Gasteiger partial charge in [-0.3, -0.25) is 0 Å². The van der Waals surface area contributed by atoms with Crippen LogP contribution in [0.4, 0.5) is 0 Å². The largest absolute Gasteiger partial charge is 0.311 e. The molecule has 0 atom stereocenters. The zero-order valence-corrected chi connectivity index (χ0v) is 10.8. The third-order valence-electron chi connectivity index (χ3n) is 3.71. The standard InChI is InChI=1S/C10H24N2Si/c1-10(2,3)13(4,5)12-8-6-7-11-9-12/h11H,6-9H2,1-5H3. The molecule has 0 aromatic heterocycles. The van der Waals surface area contributed by atoms with Gasteiger partial charge in [0.1, 0.15) is 8.24 Å². The Morgan fingerprint density at radius 1 is 1.23 bits per heavy atom. The molecule has 2 nitrogen and oxygen atoms in total. The van der Waals surface area contributed by atoms with Gasteiger partial charge in [0.25, 0.3) is 0 Å². The van der Waals surface area contributed by atoms with Crippen LogP contribution in [-0.2, 0) is 0 Å². The minimum Gasteiger partial charge on any atom is -0.311 e. The van der Waals surface area contributed by atoms with Crippen molar-refractivity contribution in [1.29, 1.82) is 0 Å². The SMILES string of the molecule is CC(C)(C)[Si](C)(C)N1CCCNC1. The van der Waals surface area contributed by atoms with Gasteiger partial charge < -0.3 is 9.88 Å². The summed E-state index contributed by atoms with van der Waals surface area (Å²) in [4.78, 5) is 0. The van der Waals surface area contributed by atoms with E-state index in [9.17, 15) is 0 Å². The van der Waals surface area contributed by atoms with Gasteiger partial charge >= 0.3 is 0 Å². The van der Waals surface area contributed by atoms with Crippen LogP contribution in [0.15, 0.2) is 0 Å². The van der Waals surface area contributed by atoms with Gasteiger partial charge in [-0.1, -0.05) is 33.9 Å². The highest BCUT2D eigenvalue weighted by molar-refractivity contribution is 6.77. The lowest BCUT2D eigenvalue weighted by molar-refractivity contribution is 0.313. The maximum atomic E-state index is 3.47. The number of rotatable bonds is 1. The third kappa shape index (κ3) is 2.33. The van der Waals surface area contributed by atoms with Gasteiger partial charge in [0, 0.05) is 6.67 Å². The van der Waals surface area contributed by atoms with E-state index in [4.69, 9.17) is 0 Å². The molecule has 0 aromatic rings. The average Bonchev–Trinajstić information content (AvgIpc) is 2.04. The lowest BCUT2D eigenvalue weighted by atomic mass is 10.2. The summed E-state index contributed by atoms with van der Waals surface area (Å²) in [5.74, 6) is 0. The molecule has 1 aliphatic heterocycles. The molecule has 0 aromatic carbocycles. The predicted octanol–water partition coefficient (Wildman–Crippen LogP) is 2.24. The Hall–Kier alpha value is 0.137. The first-order valence-electron chi connectivity index (χ1n) is 5.31. The highest BCUT2D eigenvalue weighted by atomic mass is 28.3. The van der Waals surface area contributed by atoms with Crippen molar-refractivity contribution in [3.05, 3.63) is 0 Å². The minimum atomic E-state index is -1.23. The molecule has 1 heterocycles. The van der Waals surface area contributed by atoms with Crippen molar-refractivity contribution in [2.75, 3.05) is 19.8 Å². The molecule has 0 aliphatic carbocycles. The van der Waals surface area contributed by atoms with Crippen molar-refractivity contribution in [3.63, 3.8) is 0 Å². The molecular formula is C10H24N2Si. The molecule has 0 unspecified atom stereocenters. The molecule has 1 aliphatic rings. The molecular weight excluding hydrogens is 176 g/mol. The molecule has 0 amide bonds. The van der Waals surface area contributed by atoms with Crippen LogP contribution >= 0.6 is 0 Å². The van der Waals surface area contributed by atoms with E-state index in [1.807, 2.05) is 0 Å². The van der Waals surface area contributed by atoms with Crippen molar-refractivity contribution in [2.24, 2.45) is 0 Å². The van der Waals surface area contributed by atoms with E-state index in [2.05, 4.69) is 43.7 Å². The maximum absolute atomic E-state index is 3.47. The monoisotopic (exact) mass is 200 g/mol. The Bertz CT molecular complexity index is 166. The van der Waals surface area contributed by atoms with E-state index in [1.54, 1.807) is 0 Å². The smallest absolute Gasteiger partial charge is 0.128 e. The van der Waals surface area contributed by atoms with Crippen molar-refractivity contribution >= 4 is 8.24 Å². The number of nitrogens with zero attached hydrogens (tertiary/aromatic N) is 1. The first kappa shape index (κ1) is 11.2. The molecule has 13 heavy (non-hydrogen) atoms. The Morgan fingerprint density at radius 3 is 2.23 bits per heavy atom. The second-order valence-electron chi connectivity index (χ2n) is 5.58. The van der Waals surface area contributed by atoms with Crippen LogP contribution in [0.2, 0.25) is 18.1 Å². The van der Waals surface area contributed by atoms with Gasteiger partial charge in [-0.2, -0.15) is 0 Å². The Balaban J connectivity index is 2.67. The first-order chi connectivity index (χ1) is 5.86. The van der Waals surface area contributed by atoms with E-state index >= 15 is 0 Å². The van der Waals surface area contributed by atoms with Gasteiger partial charge in [0.15, 0.2) is 0 Å². The Morgan fingerprint density at radius 2 is 1.85 bits per heavy atom. The normalized spacial score (nSPS) is 21.9. The quantitative estimate of drug-likeness (QED) is 0.653. The first-order valence-corrected chi connectivity index (χ1v) is 8.26. The fourth-order valence-corrected chi connectivity index (χ4v) is 3.81. The van der Waals surface area contributed by atoms with E-state index in [0.29, 0.717) is 5.04 Å². The highest BCUT2D eigenvalue weighted by Gasteiger charge is 2.40. The van der Waals surface area contributed by atoms with Gasteiger partial charge in [0.05, 0.1) is 0 Å². The topological polar surface area (TPSA) is 15.3 Å². The van der Waals surface area contributed by atoms with Gasteiger partial charge in [-0.15, -0.1) is 0 Å². The molecule has 1 fully saturated rings. The Kier molecular flexibility index (Phi) is 3.20. The summed E-state index contributed by atoms with van der Waals surface area (Å²) in [5, 5.41) is 3.95. The molecule has 0 bridgehead atoms. The second-order valence-corrected chi connectivity index (χ2v) is 10.8. The lowest BCUT2D eigenvalue weighted by Gasteiger charge is -2.47. The molecule has 0 spiro atoms. The molecule has 1 rings (SSSR count). The molecule has 78 valence electrons. The summed E-state index contributed by atoms with van der Waals surface area (Å²) >= 11 is 0. The van der Waals surface area contributed by atoms with E-state index in [-0.39, 0.29) is 0 Å². The fraction of sp³-hybridized carbons (Fsp3) is 1.00. The van der Waals surface area contributed by atoms with Crippen LogP contribution in [0.25, 0.3) is 0 Å². The summed E-state index contributed by atoms with van der Waals surface area (Å²) in [6.45, 7) is 15.7. The van der Waals surface area contributed by atoms with Crippen molar-refractivity contribution in [1.82, 2.24) is 9.88 Å². The van der Waals surface area contributed by atoms with Crippen LogP contribution in [0, 0.1) is 0 Å². The maximum Gasteiger partial charge on any atom is 0.128 e. The lowest BCUT2D eigenvalue weighted by Crippen LogP contribution is -2.60. The second kappa shape index (κ2) is 3.71. The molecule has 0 radical (unpaired) electrons. The van der Waals surface area contributed by atoms with E-state index < -0.39 is 8.24 Å². The molecule has 1 saturated heterocycles. The van der Waals surface area contributed by atoms with Gasteiger partial charge in [-0.05, 0) is 24.5 Å². The van der Waals surface area contributed by atoms with Crippen molar-refractivity contribution in [3.8, 4) is 0 Å². The summed E-state index contributed by atoms with van der Waals surface area (Å²) in [6.07, 6.45) is 1.31. The third-order valence-corrected chi connectivity index (χ3v) is 9.34. The Labute approximate surface area is 83.8 Å². The van der Waals surface area contributed by atoms with Gasteiger partial charge in [-0.25, -0.2) is 0 Å². The van der Waals surface area contributed by atoms with E-state index in [1.165, 1.54) is 19.5 Å². The van der Waals surface area contributed by atoms with Crippen LogP contribution in [0.3, 0.4) is 0 Å². The van der Waals surface area contributed by atoms with Crippen LogP contribution in [-0.4, -0.2) is 32.6 Å². The fourth-order valence-electron chi connectivity index (χ4n) is 1.64. The average molecular weight is 200 g/mol. The van der Waals surface area contributed by atoms with E-state index in [0.717, 1.165) is 6.67 Å². The summed E-state index contributed by atoms with van der Waals surface area (Å²) in [5.41, 5.74) is 0. The van der Waals surface area contributed by atoms with Crippen molar-refractivity contribution < 1.29 is 0 Å². The predicted molar refractivity (Wildman–Crippen MR) is 61.4 cm³/mol. The molecule has 1 N–H and O–H groups in total. The zero-order chi connectivity index (χ0) is 10.1. The van der Waals surface area contributed by atoms with Crippen LogP contribution < -0.4 is 5.32 Å². The minimum absolute atomic E-state index is 0.478. The molecule has 3 heteroatoms. The highest BCUT2D eigenvalue weighted by Crippen LogP contribution is 2.38. The summed E-state index contributed by atoms with van der Waals surface area (Å²) in [6, 6.07) is 0. The summed E-state index contributed by atoms with van der Waals surface area (Å²) in [7, 11) is -1.23.